The van der Waals surface area contributed by atoms with Crippen molar-refractivity contribution in [3.05, 3.63) is 27.7 Å². The van der Waals surface area contributed by atoms with Crippen molar-refractivity contribution >= 4 is 40.5 Å². The summed E-state index contributed by atoms with van der Waals surface area (Å²) in [6, 6.07) is 2.58. The Morgan fingerprint density at radius 1 is 1.24 bits per heavy atom. The SMILES string of the molecule is CC1(C)OC[C@H](C(=O)N2CCC(C)(C(N[S+]([O-])C(C)(C)C)c3cc(Cl)c(Cl)cc3O)CC2)O1. The molecule has 1 aromatic rings. The maximum Gasteiger partial charge on any atom is 0.254 e. The zero-order valence-corrected chi connectivity index (χ0v) is 22.4. The van der Waals surface area contributed by atoms with Gasteiger partial charge in [0.2, 0.25) is 0 Å². The highest BCUT2D eigenvalue weighted by atomic mass is 35.5. The molecule has 2 N–H and O–H groups in total. The number of nitrogens with one attached hydrogen (secondary N) is 1. The van der Waals surface area contributed by atoms with Gasteiger partial charge in [-0.3, -0.25) is 4.79 Å². The molecule has 0 bridgehead atoms. The van der Waals surface area contributed by atoms with Crippen molar-refractivity contribution in [2.45, 2.75) is 77.1 Å². The van der Waals surface area contributed by atoms with E-state index in [1.807, 2.05) is 20.8 Å². The predicted octanol–water partition coefficient (Wildman–Crippen LogP) is 4.57. The van der Waals surface area contributed by atoms with Gasteiger partial charge in [0.15, 0.2) is 11.9 Å². The number of phenolic OH excluding ortho intramolecular Hbond substituents is 1. The lowest BCUT2D eigenvalue weighted by Gasteiger charge is -2.45. The largest absolute Gasteiger partial charge is 0.598 e. The number of nitrogens with zero attached hydrogens (tertiary/aromatic N) is 1. The molecule has 0 aromatic heterocycles. The normalized spacial score (nSPS) is 24.5. The van der Waals surface area contributed by atoms with Gasteiger partial charge in [-0.1, -0.05) is 30.1 Å². The summed E-state index contributed by atoms with van der Waals surface area (Å²) in [5, 5.41) is 11.3. The number of benzene rings is 1. The number of carbonyl (C=O) groups is 1. The number of ether oxygens (including phenoxy) is 2. The molecular weight excluding hydrogens is 487 g/mol. The van der Waals surface area contributed by atoms with Crippen molar-refractivity contribution in [3.63, 3.8) is 0 Å². The van der Waals surface area contributed by atoms with E-state index in [9.17, 15) is 14.5 Å². The molecule has 2 aliphatic heterocycles. The van der Waals surface area contributed by atoms with Gasteiger partial charge in [-0.2, -0.15) is 0 Å². The van der Waals surface area contributed by atoms with Crippen LogP contribution in [0.15, 0.2) is 12.1 Å². The van der Waals surface area contributed by atoms with Crippen molar-refractivity contribution in [2.24, 2.45) is 5.41 Å². The Labute approximate surface area is 209 Å². The van der Waals surface area contributed by atoms with Crippen LogP contribution in [0.3, 0.4) is 0 Å². The summed E-state index contributed by atoms with van der Waals surface area (Å²) in [6.07, 6.45) is 0.661. The quantitative estimate of drug-likeness (QED) is 0.552. The molecule has 2 heterocycles. The van der Waals surface area contributed by atoms with E-state index in [4.69, 9.17) is 32.7 Å². The molecule has 0 spiro atoms. The van der Waals surface area contributed by atoms with Gasteiger partial charge in [0, 0.05) is 36.1 Å². The molecule has 10 heteroatoms. The number of rotatable bonds is 5. The molecule has 1 amide bonds. The molecule has 0 saturated carbocycles. The lowest BCUT2D eigenvalue weighted by atomic mass is 9.72. The van der Waals surface area contributed by atoms with E-state index in [0.717, 1.165) is 0 Å². The summed E-state index contributed by atoms with van der Waals surface area (Å²) in [5.74, 6) is -0.851. The van der Waals surface area contributed by atoms with E-state index >= 15 is 0 Å². The van der Waals surface area contributed by atoms with Crippen LogP contribution in [0.4, 0.5) is 0 Å². The Morgan fingerprint density at radius 2 is 1.82 bits per heavy atom. The lowest BCUT2D eigenvalue weighted by Crippen LogP contribution is -2.52. The summed E-state index contributed by atoms with van der Waals surface area (Å²) < 4.78 is 27.1. The van der Waals surface area contributed by atoms with Crippen LogP contribution in [0.2, 0.25) is 10.0 Å². The molecular formula is C23H34Cl2N2O5S. The van der Waals surface area contributed by atoms with Gasteiger partial charge < -0.3 is 24.0 Å². The van der Waals surface area contributed by atoms with E-state index in [0.29, 0.717) is 36.5 Å². The zero-order chi connectivity index (χ0) is 24.8. The Bertz CT molecular complexity index is 884. The lowest BCUT2D eigenvalue weighted by molar-refractivity contribution is -0.161. The second kappa shape index (κ2) is 9.72. The van der Waals surface area contributed by atoms with Gasteiger partial charge in [-0.25, -0.2) is 0 Å². The number of hydrogen-bond acceptors (Lipinski definition) is 6. The Morgan fingerprint density at radius 3 is 2.33 bits per heavy atom. The number of hydrogen-bond donors (Lipinski definition) is 2. The van der Waals surface area contributed by atoms with Crippen LogP contribution in [-0.4, -0.2) is 56.8 Å². The second-order valence-electron chi connectivity index (χ2n) is 10.6. The zero-order valence-electron chi connectivity index (χ0n) is 20.0. The standard InChI is InChI=1S/C23H34Cl2N2O5S/c1-21(2,3)33(30)26-19(14-11-15(24)16(25)12-17(14)28)23(6)7-9-27(10-8-23)20(29)18-13-31-22(4,5)32-18/h11-12,18-19,26,28H,7-10,13H2,1-6H3/t18-,19?,33?/m1/s1. The minimum absolute atomic E-state index is 0.00808. The van der Waals surface area contributed by atoms with Crippen LogP contribution >= 0.6 is 23.2 Å². The molecule has 2 aliphatic rings. The van der Waals surface area contributed by atoms with Crippen molar-refractivity contribution < 1.29 is 23.9 Å². The Hall–Kier alpha value is -0.740. The summed E-state index contributed by atoms with van der Waals surface area (Å²) in [4.78, 5) is 14.8. The van der Waals surface area contributed by atoms with Crippen LogP contribution in [0, 0.1) is 5.41 Å². The molecule has 2 fully saturated rings. The number of phenols is 1. The van der Waals surface area contributed by atoms with Crippen LogP contribution in [0.25, 0.3) is 0 Å². The number of carbonyl (C=O) groups excluding carboxylic acids is 1. The first-order valence-corrected chi connectivity index (χ1v) is 13.0. The summed E-state index contributed by atoms with van der Waals surface area (Å²) in [7, 11) is 0. The maximum absolute atomic E-state index is 13.1. The minimum Gasteiger partial charge on any atom is -0.598 e. The Kier molecular flexibility index (Phi) is 7.91. The summed E-state index contributed by atoms with van der Waals surface area (Å²) >= 11 is 11.0. The van der Waals surface area contributed by atoms with Gasteiger partial charge in [-0.05, 0) is 58.9 Å². The number of piperidine rings is 1. The third-order valence-electron chi connectivity index (χ3n) is 6.36. The Balaban J connectivity index is 1.82. The van der Waals surface area contributed by atoms with E-state index in [2.05, 4.69) is 11.6 Å². The molecule has 3 atom stereocenters. The number of aromatic hydroxyl groups is 1. The highest BCUT2D eigenvalue weighted by Crippen LogP contribution is 2.47. The van der Waals surface area contributed by atoms with E-state index in [-0.39, 0.29) is 23.3 Å². The fraction of sp³-hybridized carbons (Fsp3) is 0.696. The van der Waals surface area contributed by atoms with Gasteiger partial charge >= 0.3 is 0 Å². The highest BCUT2D eigenvalue weighted by Gasteiger charge is 2.46. The molecule has 7 nitrogen and oxygen atoms in total. The highest BCUT2D eigenvalue weighted by molar-refractivity contribution is 7.90. The number of amides is 1. The average Bonchev–Trinajstić information content (AvgIpc) is 3.08. The average molecular weight is 522 g/mol. The van der Waals surface area contributed by atoms with Crippen LogP contribution in [0.5, 0.6) is 5.75 Å². The monoisotopic (exact) mass is 520 g/mol. The molecule has 33 heavy (non-hydrogen) atoms. The molecule has 2 unspecified atom stereocenters. The van der Waals surface area contributed by atoms with Crippen LogP contribution in [-0.2, 0) is 25.6 Å². The first kappa shape index (κ1) is 26.9. The van der Waals surface area contributed by atoms with Gasteiger partial charge in [0.1, 0.15) is 10.5 Å². The van der Waals surface area contributed by atoms with Gasteiger partial charge in [0.05, 0.1) is 22.7 Å². The summed E-state index contributed by atoms with van der Waals surface area (Å²) in [5.41, 5.74) is 0.136. The maximum atomic E-state index is 13.1. The van der Waals surface area contributed by atoms with E-state index in [1.54, 1.807) is 24.8 Å². The van der Waals surface area contributed by atoms with E-state index < -0.39 is 39.5 Å². The van der Waals surface area contributed by atoms with E-state index in [1.165, 1.54) is 6.07 Å². The predicted molar refractivity (Wildman–Crippen MR) is 131 cm³/mol. The smallest absolute Gasteiger partial charge is 0.254 e. The first-order valence-electron chi connectivity index (χ1n) is 11.1. The topological polar surface area (TPSA) is 94.1 Å². The fourth-order valence-corrected chi connectivity index (χ4v) is 5.50. The van der Waals surface area contributed by atoms with Crippen LogP contribution < -0.4 is 4.72 Å². The molecule has 2 saturated heterocycles. The molecule has 0 radical (unpaired) electrons. The second-order valence-corrected chi connectivity index (χ2v) is 13.4. The number of halogens is 2. The summed E-state index contributed by atoms with van der Waals surface area (Å²) in [6.45, 7) is 12.6. The van der Waals surface area contributed by atoms with Crippen molar-refractivity contribution in [1.29, 1.82) is 0 Å². The molecule has 186 valence electrons. The molecule has 1 aromatic carbocycles. The fourth-order valence-electron chi connectivity index (χ4n) is 4.19. The van der Waals surface area contributed by atoms with Gasteiger partial charge in [0.25, 0.3) is 5.91 Å². The number of likely N-dealkylation sites (tertiary alicyclic amines) is 1. The molecule has 0 aliphatic carbocycles. The van der Waals surface area contributed by atoms with Crippen molar-refractivity contribution in [3.8, 4) is 5.75 Å². The third kappa shape index (κ3) is 6.10. The minimum atomic E-state index is -1.40. The van der Waals surface area contributed by atoms with Crippen LogP contribution in [0.1, 0.15) is 66.0 Å². The van der Waals surface area contributed by atoms with Crippen molar-refractivity contribution in [1.82, 2.24) is 9.62 Å². The third-order valence-corrected chi connectivity index (χ3v) is 8.64. The first-order chi connectivity index (χ1) is 15.1. The molecule has 3 rings (SSSR count). The van der Waals surface area contributed by atoms with Crippen molar-refractivity contribution in [2.75, 3.05) is 19.7 Å². The van der Waals surface area contributed by atoms with Gasteiger partial charge in [-0.15, -0.1) is 4.72 Å².